The largest absolute Gasteiger partial charge is 0.508 e. The Hall–Kier alpha value is -2.89. The second-order valence-electron chi connectivity index (χ2n) is 4.22. The number of carboxylic acids is 1. The van der Waals surface area contributed by atoms with Crippen LogP contribution < -0.4 is 0 Å². The van der Waals surface area contributed by atoms with Crippen LogP contribution in [-0.4, -0.2) is 21.1 Å². The first-order valence-corrected chi connectivity index (χ1v) is 5.76. The van der Waals surface area contributed by atoms with E-state index in [0.29, 0.717) is 17.5 Å². The summed E-state index contributed by atoms with van der Waals surface area (Å²) in [4.78, 5) is 21.1. The van der Waals surface area contributed by atoms with E-state index in [1.54, 1.807) is 18.2 Å². The van der Waals surface area contributed by atoms with Crippen LogP contribution >= 0.6 is 0 Å². The SMILES string of the molecule is O=C(O)c1cc(Cc2ccccc2O)ccc1[N+](=O)[O-]. The fraction of sp³-hybridized carbons (Fsp3) is 0.0714. The standard InChI is InChI=1S/C14H11NO5/c16-13-4-2-1-3-10(13)7-9-5-6-12(15(19)20)11(8-9)14(17)18/h1-6,8,16H,7H2,(H,17,18). The normalized spacial score (nSPS) is 10.2. The fourth-order valence-corrected chi connectivity index (χ4v) is 1.90. The highest BCUT2D eigenvalue weighted by molar-refractivity contribution is 5.92. The van der Waals surface area contributed by atoms with Crippen LogP contribution in [0.2, 0.25) is 0 Å². The lowest BCUT2D eigenvalue weighted by Crippen LogP contribution is -2.04. The van der Waals surface area contributed by atoms with Crippen LogP contribution in [0.5, 0.6) is 5.75 Å². The summed E-state index contributed by atoms with van der Waals surface area (Å²) in [5.74, 6) is -1.25. The van der Waals surface area contributed by atoms with Crippen LogP contribution in [0.3, 0.4) is 0 Å². The number of phenols is 1. The summed E-state index contributed by atoms with van der Waals surface area (Å²) in [6, 6.07) is 10.6. The van der Waals surface area contributed by atoms with Crippen LogP contribution in [0.15, 0.2) is 42.5 Å². The summed E-state index contributed by atoms with van der Waals surface area (Å²) in [6.45, 7) is 0. The van der Waals surface area contributed by atoms with E-state index in [9.17, 15) is 20.0 Å². The van der Waals surface area contributed by atoms with E-state index in [4.69, 9.17) is 5.11 Å². The van der Waals surface area contributed by atoms with Crippen molar-refractivity contribution in [1.82, 2.24) is 0 Å². The third-order valence-corrected chi connectivity index (χ3v) is 2.87. The molecule has 2 rings (SSSR count). The maximum atomic E-state index is 11.0. The number of nitro groups is 1. The molecular weight excluding hydrogens is 262 g/mol. The Morgan fingerprint density at radius 3 is 2.50 bits per heavy atom. The maximum absolute atomic E-state index is 11.0. The molecule has 2 aromatic rings. The number of aromatic hydroxyl groups is 1. The van der Waals surface area contributed by atoms with Gasteiger partial charge in [0.2, 0.25) is 0 Å². The molecule has 6 nitrogen and oxygen atoms in total. The molecule has 0 bridgehead atoms. The van der Waals surface area contributed by atoms with Crippen molar-refractivity contribution in [2.24, 2.45) is 0 Å². The average Bonchev–Trinajstić information content (AvgIpc) is 2.41. The summed E-state index contributed by atoms with van der Waals surface area (Å²) in [6.07, 6.45) is 0.297. The summed E-state index contributed by atoms with van der Waals surface area (Å²) in [5.41, 5.74) is 0.397. The summed E-state index contributed by atoms with van der Waals surface area (Å²) >= 11 is 0. The van der Waals surface area contributed by atoms with Gasteiger partial charge in [-0.05, 0) is 23.3 Å². The monoisotopic (exact) mass is 273 g/mol. The van der Waals surface area contributed by atoms with Gasteiger partial charge in [0.05, 0.1) is 4.92 Å². The van der Waals surface area contributed by atoms with Crippen molar-refractivity contribution in [1.29, 1.82) is 0 Å². The molecule has 0 atom stereocenters. The van der Waals surface area contributed by atoms with Gasteiger partial charge < -0.3 is 10.2 Å². The van der Waals surface area contributed by atoms with Crippen molar-refractivity contribution >= 4 is 11.7 Å². The number of carbonyl (C=O) groups is 1. The Labute approximate surface area is 114 Å². The molecule has 0 aromatic heterocycles. The molecule has 0 heterocycles. The number of benzene rings is 2. The second kappa shape index (κ2) is 5.40. The number of carboxylic acid groups (broad SMARTS) is 1. The van der Waals surface area contributed by atoms with Crippen molar-refractivity contribution in [3.63, 3.8) is 0 Å². The van der Waals surface area contributed by atoms with E-state index in [0.717, 1.165) is 0 Å². The number of rotatable bonds is 4. The molecule has 0 fully saturated rings. The van der Waals surface area contributed by atoms with Crippen LogP contribution in [0, 0.1) is 10.1 Å². The minimum atomic E-state index is -1.35. The first kappa shape index (κ1) is 13.5. The molecule has 0 aliphatic carbocycles. The lowest BCUT2D eigenvalue weighted by Gasteiger charge is -2.06. The minimum absolute atomic E-state index is 0.0997. The number of hydrogen-bond acceptors (Lipinski definition) is 4. The van der Waals surface area contributed by atoms with E-state index < -0.39 is 16.6 Å². The van der Waals surface area contributed by atoms with Gasteiger partial charge in [0, 0.05) is 12.5 Å². The summed E-state index contributed by atoms with van der Waals surface area (Å²) in [5, 5.41) is 29.4. The van der Waals surface area contributed by atoms with E-state index in [1.165, 1.54) is 24.3 Å². The van der Waals surface area contributed by atoms with Crippen molar-refractivity contribution in [2.45, 2.75) is 6.42 Å². The molecule has 0 saturated carbocycles. The lowest BCUT2D eigenvalue weighted by molar-refractivity contribution is -0.385. The zero-order valence-electron chi connectivity index (χ0n) is 10.3. The molecule has 0 unspecified atom stereocenters. The van der Waals surface area contributed by atoms with E-state index in [1.807, 2.05) is 0 Å². The van der Waals surface area contributed by atoms with E-state index in [-0.39, 0.29) is 11.3 Å². The fourth-order valence-electron chi connectivity index (χ4n) is 1.90. The molecule has 0 amide bonds. The number of nitro benzene ring substituents is 1. The lowest BCUT2D eigenvalue weighted by atomic mass is 10.0. The predicted molar refractivity (Wildman–Crippen MR) is 71.0 cm³/mol. The van der Waals surface area contributed by atoms with Gasteiger partial charge in [0.15, 0.2) is 0 Å². The Bertz CT molecular complexity index is 681. The van der Waals surface area contributed by atoms with Gasteiger partial charge in [-0.15, -0.1) is 0 Å². The van der Waals surface area contributed by atoms with Crippen molar-refractivity contribution in [2.75, 3.05) is 0 Å². The zero-order valence-corrected chi connectivity index (χ0v) is 10.3. The average molecular weight is 273 g/mol. The zero-order chi connectivity index (χ0) is 14.7. The highest BCUT2D eigenvalue weighted by atomic mass is 16.6. The molecule has 0 spiro atoms. The number of phenolic OH excluding ortho intramolecular Hbond substituents is 1. The van der Waals surface area contributed by atoms with Crippen LogP contribution in [0.1, 0.15) is 21.5 Å². The van der Waals surface area contributed by atoms with Gasteiger partial charge in [0.1, 0.15) is 11.3 Å². The van der Waals surface area contributed by atoms with Gasteiger partial charge in [-0.25, -0.2) is 4.79 Å². The smallest absolute Gasteiger partial charge is 0.342 e. The van der Waals surface area contributed by atoms with Crippen LogP contribution in [0.25, 0.3) is 0 Å². The number of hydrogen-bond donors (Lipinski definition) is 2. The second-order valence-corrected chi connectivity index (χ2v) is 4.22. The minimum Gasteiger partial charge on any atom is -0.508 e. The molecule has 0 saturated heterocycles. The predicted octanol–water partition coefficient (Wildman–Crippen LogP) is 2.59. The molecular formula is C14H11NO5. The Morgan fingerprint density at radius 1 is 1.20 bits per heavy atom. The maximum Gasteiger partial charge on any atom is 0.342 e. The quantitative estimate of drug-likeness (QED) is 0.658. The third-order valence-electron chi connectivity index (χ3n) is 2.87. The van der Waals surface area contributed by atoms with Gasteiger partial charge in [-0.1, -0.05) is 24.3 Å². The van der Waals surface area contributed by atoms with Gasteiger partial charge in [-0.2, -0.15) is 0 Å². The van der Waals surface area contributed by atoms with Gasteiger partial charge >= 0.3 is 5.97 Å². The van der Waals surface area contributed by atoms with E-state index in [2.05, 4.69) is 0 Å². The summed E-state index contributed by atoms with van der Waals surface area (Å²) in [7, 11) is 0. The highest BCUT2D eigenvalue weighted by Gasteiger charge is 2.20. The molecule has 20 heavy (non-hydrogen) atoms. The number of nitrogens with zero attached hydrogens (tertiary/aromatic N) is 1. The Balaban J connectivity index is 2.40. The third kappa shape index (κ3) is 2.74. The molecule has 2 aromatic carbocycles. The summed E-state index contributed by atoms with van der Waals surface area (Å²) < 4.78 is 0. The van der Waals surface area contributed by atoms with Gasteiger partial charge in [-0.3, -0.25) is 10.1 Å². The van der Waals surface area contributed by atoms with Crippen LogP contribution in [-0.2, 0) is 6.42 Å². The van der Waals surface area contributed by atoms with Crippen molar-refractivity contribution < 1.29 is 19.9 Å². The number of para-hydroxylation sites is 1. The Kier molecular flexibility index (Phi) is 3.65. The molecule has 102 valence electrons. The van der Waals surface area contributed by atoms with E-state index >= 15 is 0 Å². The van der Waals surface area contributed by atoms with Gasteiger partial charge in [0.25, 0.3) is 5.69 Å². The first-order valence-electron chi connectivity index (χ1n) is 5.76. The molecule has 6 heteroatoms. The first-order chi connectivity index (χ1) is 9.49. The molecule has 2 N–H and O–H groups in total. The molecule has 0 radical (unpaired) electrons. The topological polar surface area (TPSA) is 101 Å². The number of aromatic carboxylic acids is 1. The molecule has 0 aliphatic heterocycles. The van der Waals surface area contributed by atoms with Crippen molar-refractivity contribution in [3.8, 4) is 5.75 Å². The molecule has 0 aliphatic rings. The highest BCUT2D eigenvalue weighted by Crippen LogP contribution is 2.24. The van der Waals surface area contributed by atoms with Crippen molar-refractivity contribution in [3.05, 3.63) is 69.3 Å². The Morgan fingerprint density at radius 2 is 1.90 bits per heavy atom. The van der Waals surface area contributed by atoms with Crippen LogP contribution in [0.4, 0.5) is 5.69 Å².